The lowest BCUT2D eigenvalue weighted by Crippen LogP contribution is -2.55. The number of benzene rings is 2. The summed E-state index contributed by atoms with van der Waals surface area (Å²) >= 11 is 0. The number of hydrogen-bond acceptors (Lipinski definition) is 5. The second kappa shape index (κ2) is 12.0. The second-order valence-electron chi connectivity index (χ2n) is 13.0. The first kappa shape index (κ1) is 30.2. The van der Waals surface area contributed by atoms with Gasteiger partial charge in [-0.25, -0.2) is 0 Å². The van der Waals surface area contributed by atoms with Gasteiger partial charge in [-0.15, -0.1) is 0 Å². The maximum atomic E-state index is 13.8. The minimum absolute atomic E-state index is 0.0364. The molecule has 1 aliphatic heterocycles. The lowest BCUT2D eigenvalue weighted by Gasteiger charge is -2.46. The third-order valence-electron chi connectivity index (χ3n) is 9.72. The van der Waals surface area contributed by atoms with Crippen LogP contribution in [0.3, 0.4) is 0 Å². The van der Waals surface area contributed by atoms with E-state index in [-0.39, 0.29) is 23.3 Å². The Balaban J connectivity index is 1.53. The molecule has 1 heterocycles. The Morgan fingerprint density at radius 1 is 1.10 bits per heavy atom. The van der Waals surface area contributed by atoms with E-state index >= 15 is 0 Å². The molecule has 7 atom stereocenters. The fourth-order valence-electron chi connectivity index (χ4n) is 6.72. The zero-order valence-electron chi connectivity index (χ0n) is 25.1. The minimum atomic E-state index is -0.813. The van der Waals surface area contributed by atoms with Gasteiger partial charge in [0.25, 0.3) is 5.91 Å². The molecule has 1 saturated carbocycles. The van der Waals surface area contributed by atoms with Gasteiger partial charge in [-0.05, 0) is 71.9 Å². The van der Waals surface area contributed by atoms with Gasteiger partial charge >= 0.3 is 0 Å². The summed E-state index contributed by atoms with van der Waals surface area (Å²) in [4.78, 5) is 29.6. The van der Waals surface area contributed by atoms with Crippen LogP contribution in [0.2, 0.25) is 0 Å². The molecule has 2 fully saturated rings. The Bertz CT molecular complexity index is 1190. The summed E-state index contributed by atoms with van der Waals surface area (Å²) in [6.07, 6.45) is 0.381. The van der Waals surface area contributed by atoms with Crippen LogP contribution in [0.25, 0.3) is 11.1 Å². The Morgan fingerprint density at radius 2 is 1.77 bits per heavy atom. The number of carbonyl (C=O) groups is 2. The predicted octanol–water partition coefficient (Wildman–Crippen LogP) is 4.17. The Morgan fingerprint density at radius 3 is 2.40 bits per heavy atom. The highest BCUT2D eigenvalue weighted by Crippen LogP contribution is 2.43. The molecular formula is C33H47N3O4. The summed E-state index contributed by atoms with van der Waals surface area (Å²) < 4.78 is 0. The van der Waals surface area contributed by atoms with Crippen LogP contribution in [0.15, 0.2) is 48.5 Å². The van der Waals surface area contributed by atoms with E-state index < -0.39 is 24.2 Å². The topological polar surface area (TPSA) is 93.1 Å². The quantitative estimate of drug-likeness (QED) is 0.482. The van der Waals surface area contributed by atoms with Crippen LogP contribution in [-0.2, 0) is 11.3 Å². The Labute approximate surface area is 239 Å². The maximum Gasteiger partial charge on any atom is 0.253 e. The highest BCUT2D eigenvalue weighted by molar-refractivity contribution is 5.94. The number of aliphatic hydroxyl groups is 2. The van der Waals surface area contributed by atoms with Crippen molar-refractivity contribution >= 4 is 11.8 Å². The van der Waals surface area contributed by atoms with Crippen LogP contribution in [0.4, 0.5) is 0 Å². The number of likely N-dealkylation sites (tertiary alicyclic amines) is 1. The number of nitrogens with zero attached hydrogens (tertiary/aromatic N) is 2. The fraction of sp³-hybridized carbons (Fsp3) is 0.576. The summed E-state index contributed by atoms with van der Waals surface area (Å²) in [6.45, 7) is 11.6. The van der Waals surface area contributed by atoms with Gasteiger partial charge in [0.1, 0.15) is 0 Å². The molecule has 4 rings (SSSR count). The van der Waals surface area contributed by atoms with Gasteiger partial charge in [-0.1, -0.05) is 58.0 Å². The molecule has 40 heavy (non-hydrogen) atoms. The van der Waals surface area contributed by atoms with Crippen molar-refractivity contribution < 1.29 is 19.8 Å². The third-order valence-corrected chi connectivity index (χ3v) is 9.72. The first-order chi connectivity index (χ1) is 18.8. The summed E-state index contributed by atoms with van der Waals surface area (Å²) in [5, 5.41) is 24.8. The van der Waals surface area contributed by atoms with Crippen molar-refractivity contribution in [2.75, 3.05) is 20.6 Å². The van der Waals surface area contributed by atoms with Gasteiger partial charge in [0.05, 0.1) is 18.2 Å². The van der Waals surface area contributed by atoms with Gasteiger partial charge in [-0.2, -0.15) is 0 Å². The summed E-state index contributed by atoms with van der Waals surface area (Å²) in [5.41, 5.74) is 3.91. The number of nitrogens with one attached hydrogen (secondary N) is 1. The number of hydrogen-bond donors (Lipinski definition) is 3. The van der Waals surface area contributed by atoms with E-state index in [4.69, 9.17) is 0 Å². The normalized spacial score (nSPS) is 29.1. The molecule has 2 aliphatic rings. The molecule has 3 N–H and O–H groups in total. The Kier molecular flexibility index (Phi) is 9.08. The number of carbonyl (C=O) groups excluding carboxylic acids is 2. The number of β-amino-alcohol motifs (C(OH)–C–C–N with tert-alkyl or cyclic N) is 1. The van der Waals surface area contributed by atoms with Gasteiger partial charge in [0.15, 0.2) is 0 Å². The van der Waals surface area contributed by atoms with E-state index in [1.54, 1.807) is 25.9 Å². The standard InChI is InChI=1S/C33H47N3O4/c1-20-21(2)33(4,5)16-15-27(20)34-31(39)30-29(22(3)37)28(38)19-36(30)18-23-9-8-10-26(17-23)24-11-13-25(14-12-24)32(40)35(6)7/h8-14,17,20-22,27-30,37-38H,15-16,18-19H2,1-7H3,(H,34,39)/t20-,21-,22-,27?,28-,29+,30-/m0/s1. The second-order valence-corrected chi connectivity index (χ2v) is 13.0. The molecule has 1 unspecified atom stereocenters. The summed E-state index contributed by atoms with van der Waals surface area (Å²) in [5.74, 6) is 0.114. The van der Waals surface area contributed by atoms with Crippen molar-refractivity contribution in [2.24, 2.45) is 23.2 Å². The molecular weight excluding hydrogens is 502 g/mol. The van der Waals surface area contributed by atoms with E-state index in [2.05, 4.69) is 39.1 Å². The van der Waals surface area contributed by atoms with Crippen LogP contribution in [0.5, 0.6) is 0 Å². The molecule has 1 saturated heterocycles. The average molecular weight is 550 g/mol. The number of rotatable bonds is 7. The molecule has 0 bridgehead atoms. The van der Waals surface area contributed by atoms with Crippen LogP contribution in [0.1, 0.15) is 63.4 Å². The smallest absolute Gasteiger partial charge is 0.253 e. The van der Waals surface area contributed by atoms with E-state index in [9.17, 15) is 19.8 Å². The van der Waals surface area contributed by atoms with E-state index in [1.165, 1.54) is 0 Å². The molecule has 1 aliphatic carbocycles. The molecule has 0 radical (unpaired) electrons. The van der Waals surface area contributed by atoms with Crippen LogP contribution in [-0.4, -0.2) is 76.8 Å². The number of aliphatic hydroxyl groups excluding tert-OH is 2. The van der Waals surface area contributed by atoms with Crippen molar-refractivity contribution in [3.8, 4) is 11.1 Å². The van der Waals surface area contributed by atoms with Crippen molar-refractivity contribution in [3.05, 3.63) is 59.7 Å². The molecule has 7 heteroatoms. The summed E-state index contributed by atoms with van der Waals surface area (Å²) in [6, 6.07) is 15.2. The molecule has 0 spiro atoms. The zero-order chi connectivity index (χ0) is 29.4. The summed E-state index contributed by atoms with van der Waals surface area (Å²) in [7, 11) is 3.48. The molecule has 218 valence electrons. The van der Waals surface area contributed by atoms with E-state index in [0.29, 0.717) is 30.5 Å². The van der Waals surface area contributed by atoms with Gasteiger partial charge in [-0.3, -0.25) is 14.5 Å². The lowest BCUT2D eigenvalue weighted by atomic mass is 9.63. The van der Waals surface area contributed by atoms with E-state index in [1.807, 2.05) is 47.4 Å². The van der Waals surface area contributed by atoms with Crippen molar-refractivity contribution in [2.45, 2.75) is 78.3 Å². The molecule has 2 aromatic rings. The highest BCUT2D eigenvalue weighted by Gasteiger charge is 2.48. The average Bonchev–Trinajstić information content (AvgIpc) is 3.24. The van der Waals surface area contributed by atoms with Crippen molar-refractivity contribution in [1.82, 2.24) is 15.1 Å². The van der Waals surface area contributed by atoms with E-state index in [0.717, 1.165) is 29.5 Å². The largest absolute Gasteiger partial charge is 0.393 e. The van der Waals surface area contributed by atoms with Crippen LogP contribution in [0, 0.1) is 23.2 Å². The minimum Gasteiger partial charge on any atom is -0.393 e. The lowest BCUT2D eigenvalue weighted by molar-refractivity contribution is -0.130. The molecule has 0 aromatic heterocycles. The number of amides is 2. The Hall–Kier alpha value is -2.74. The zero-order valence-corrected chi connectivity index (χ0v) is 25.1. The first-order valence-corrected chi connectivity index (χ1v) is 14.6. The predicted molar refractivity (Wildman–Crippen MR) is 159 cm³/mol. The maximum absolute atomic E-state index is 13.8. The molecule has 2 amide bonds. The molecule has 7 nitrogen and oxygen atoms in total. The highest BCUT2D eigenvalue weighted by atomic mass is 16.3. The third kappa shape index (κ3) is 6.27. The van der Waals surface area contributed by atoms with Gasteiger partial charge in [0, 0.05) is 44.7 Å². The van der Waals surface area contributed by atoms with Crippen LogP contribution >= 0.6 is 0 Å². The molecule has 2 aromatic carbocycles. The van der Waals surface area contributed by atoms with Gasteiger partial charge < -0.3 is 20.4 Å². The van der Waals surface area contributed by atoms with Crippen molar-refractivity contribution in [3.63, 3.8) is 0 Å². The first-order valence-electron chi connectivity index (χ1n) is 14.6. The SMILES string of the molecule is C[C@H](O)[C@H]1[C@@H](C(=O)NC2CCC(C)(C)[C@@H](C)[C@@H]2C)N(Cc2cccc(-c3ccc(C(=O)N(C)C)cc3)c2)C[C@@H]1O. The van der Waals surface area contributed by atoms with Crippen molar-refractivity contribution in [1.29, 1.82) is 0 Å². The van der Waals surface area contributed by atoms with Crippen LogP contribution < -0.4 is 5.32 Å². The fourth-order valence-corrected chi connectivity index (χ4v) is 6.72. The van der Waals surface area contributed by atoms with Gasteiger partial charge in [0.2, 0.25) is 5.91 Å². The monoisotopic (exact) mass is 549 g/mol.